The molecule has 0 radical (unpaired) electrons. The third-order valence-corrected chi connectivity index (χ3v) is 6.55. The van der Waals surface area contributed by atoms with Crippen LogP contribution < -0.4 is 15.8 Å². The van der Waals surface area contributed by atoms with E-state index in [0.29, 0.717) is 6.07 Å². The molecule has 2 aromatic heterocycles. The molecule has 3 aromatic rings. The number of carbonyl (C=O) groups excluding carboxylic acids is 2. The summed E-state index contributed by atoms with van der Waals surface area (Å²) < 4.78 is 101. The molecule has 16 heteroatoms. The minimum absolute atomic E-state index is 0.0124. The molecule has 1 aliphatic carbocycles. The first-order valence-corrected chi connectivity index (χ1v) is 11.5. The molecule has 39 heavy (non-hydrogen) atoms. The molecule has 2 fully saturated rings. The van der Waals surface area contributed by atoms with Crippen LogP contribution >= 0.6 is 0 Å². The molecule has 1 saturated heterocycles. The fraction of sp³-hybridized carbons (Fsp3) is 0.391. The normalized spacial score (nSPS) is 20.5. The zero-order valence-corrected chi connectivity index (χ0v) is 19.7. The summed E-state index contributed by atoms with van der Waals surface area (Å²) in [7, 11) is 0. The fourth-order valence-electron chi connectivity index (χ4n) is 4.47. The maximum absolute atomic E-state index is 14.6. The summed E-state index contributed by atoms with van der Waals surface area (Å²) in [6.07, 6.45) is -5.71. The molecule has 9 nitrogen and oxygen atoms in total. The van der Waals surface area contributed by atoms with Crippen LogP contribution in [0.5, 0.6) is 5.75 Å². The predicted octanol–water partition coefficient (Wildman–Crippen LogP) is 3.38. The maximum atomic E-state index is 14.6. The molecular weight excluding hydrogens is 541 g/mol. The first kappa shape index (κ1) is 26.5. The number of nitrogens with zero attached hydrogens (tertiary/aromatic N) is 4. The number of hydrogen-bond donors (Lipinski definition) is 2. The highest BCUT2D eigenvalue weighted by molar-refractivity contribution is 5.99. The number of aromatic nitrogens is 3. The quantitative estimate of drug-likeness (QED) is 0.447. The zero-order chi connectivity index (χ0) is 28.3. The SMILES string of the molecule is Nc1ncnn2c(-c3ccc(OC(F)F)c(C(=O)N[C@@H]4CN(C(=O)C5(F)CC5)C[C@@H]4F)c3)cc(C(F)(F)F)c12. The minimum Gasteiger partial charge on any atom is -0.434 e. The van der Waals surface area contributed by atoms with Crippen molar-refractivity contribution in [1.82, 2.24) is 24.8 Å². The molecule has 208 valence electrons. The smallest absolute Gasteiger partial charge is 0.418 e. The molecule has 3 heterocycles. The van der Waals surface area contributed by atoms with Crippen LogP contribution in [0.25, 0.3) is 16.8 Å². The van der Waals surface area contributed by atoms with Gasteiger partial charge in [-0.1, -0.05) is 0 Å². The lowest BCUT2D eigenvalue weighted by molar-refractivity contribution is -0.137. The van der Waals surface area contributed by atoms with Gasteiger partial charge >= 0.3 is 12.8 Å². The van der Waals surface area contributed by atoms with Crippen LogP contribution in [0.2, 0.25) is 0 Å². The van der Waals surface area contributed by atoms with E-state index in [0.717, 1.165) is 33.9 Å². The van der Waals surface area contributed by atoms with Gasteiger partial charge in [-0.3, -0.25) is 9.59 Å². The molecule has 1 saturated carbocycles. The van der Waals surface area contributed by atoms with Crippen molar-refractivity contribution in [3.63, 3.8) is 0 Å². The summed E-state index contributed by atoms with van der Waals surface area (Å²) in [6, 6.07) is 2.43. The summed E-state index contributed by atoms with van der Waals surface area (Å²) >= 11 is 0. The van der Waals surface area contributed by atoms with Crippen LogP contribution in [0.1, 0.15) is 28.8 Å². The van der Waals surface area contributed by atoms with Crippen molar-refractivity contribution in [2.45, 2.75) is 43.5 Å². The van der Waals surface area contributed by atoms with Gasteiger partial charge in [0.25, 0.3) is 11.8 Å². The van der Waals surface area contributed by atoms with Crippen LogP contribution in [-0.4, -0.2) is 68.9 Å². The van der Waals surface area contributed by atoms with Gasteiger partial charge in [-0.15, -0.1) is 0 Å². The van der Waals surface area contributed by atoms with E-state index in [1.807, 2.05) is 0 Å². The largest absolute Gasteiger partial charge is 0.434 e. The highest BCUT2D eigenvalue weighted by Gasteiger charge is 2.54. The third kappa shape index (κ3) is 4.90. The number of benzene rings is 1. The van der Waals surface area contributed by atoms with Crippen molar-refractivity contribution in [3.8, 4) is 17.0 Å². The summed E-state index contributed by atoms with van der Waals surface area (Å²) in [4.78, 5) is 29.8. The standard InChI is InChI=1S/C23H19F7N6O3/c24-13-7-35(20(38)22(27)3-4-22)8-14(13)34-19(37)11-5-10(1-2-16(11)39-21(25)26)15-6-12(23(28,29)30)17-18(31)32-9-33-36(15)17/h1-2,5-6,9,13-14,21H,3-4,7-8H2,(H,34,37)(H2,31,32,33)/t13-,14+/m0/s1. The Kier molecular flexibility index (Phi) is 6.30. The molecule has 2 atom stereocenters. The molecule has 0 bridgehead atoms. The van der Waals surface area contributed by atoms with Crippen molar-refractivity contribution >= 4 is 23.1 Å². The monoisotopic (exact) mass is 560 g/mol. The first-order valence-electron chi connectivity index (χ1n) is 11.5. The average molecular weight is 560 g/mol. The van der Waals surface area contributed by atoms with Gasteiger partial charge in [-0.05, 0) is 37.1 Å². The fourth-order valence-corrected chi connectivity index (χ4v) is 4.47. The topological polar surface area (TPSA) is 115 Å². The zero-order valence-electron chi connectivity index (χ0n) is 19.7. The van der Waals surface area contributed by atoms with Crippen molar-refractivity contribution in [2.75, 3.05) is 18.8 Å². The Hall–Kier alpha value is -4.11. The summed E-state index contributed by atoms with van der Waals surface area (Å²) in [5.74, 6) is -3.12. The van der Waals surface area contributed by atoms with Crippen LogP contribution in [0.3, 0.4) is 0 Å². The number of rotatable bonds is 6. The number of alkyl halides is 7. The summed E-state index contributed by atoms with van der Waals surface area (Å²) in [6.45, 7) is -4.21. The number of nitrogen functional groups attached to an aromatic ring is 1. The van der Waals surface area contributed by atoms with Gasteiger partial charge in [0.1, 0.15) is 23.8 Å². The molecule has 0 unspecified atom stereocenters. The second kappa shape index (κ2) is 9.27. The lowest BCUT2D eigenvalue weighted by Gasteiger charge is -2.19. The van der Waals surface area contributed by atoms with E-state index in [-0.39, 0.29) is 30.6 Å². The molecule has 2 amide bonds. The Balaban J connectivity index is 1.49. The maximum Gasteiger partial charge on any atom is 0.418 e. The third-order valence-electron chi connectivity index (χ3n) is 6.55. The van der Waals surface area contributed by atoms with Crippen LogP contribution in [0, 0.1) is 0 Å². The predicted molar refractivity (Wildman–Crippen MR) is 120 cm³/mol. The van der Waals surface area contributed by atoms with Crippen molar-refractivity contribution in [1.29, 1.82) is 0 Å². The molecular formula is C23H19F7N6O3. The second-order valence-corrected chi connectivity index (χ2v) is 9.21. The number of nitrogens with one attached hydrogen (secondary N) is 1. The average Bonchev–Trinajstić information content (AvgIpc) is 3.31. The molecule has 2 aliphatic rings. The van der Waals surface area contributed by atoms with E-state index in [2.05, 4.69) is 20.1 Å². The summed E-state index contributed by atoms with van der Waals surface area (Å²) in [5.41, 5.74) is 1.03. The van der Waals surface area contributed by atoms with Gasteiger partial charge in [0.2, 0.25) is 0 Å². The molecule has 1 aliphatic heterocycles. The van der Waals surface area contributed by atoms with Crippen LogP contribution in [0.4, 0.5) is 36.6 Å². The van der Waals surface area contributed by atoms with Crippen molar-refractivity contribution < 1.29 is 45.1 Å². The number of ether oxygens (including phenoxy) is 1. The lowest BCUT2D eigenvalue weighted by Crippen LogP contribution is -2.43. The molecule has 5 rings (SSSR count). The number of hydrogen-bond acceptors (Lipinski definition) is 6. The van der Waals surface area contributed by atoms with Crippen molar-refractivity contribution in [2.24, 2.45) is 0 Å². The lowest BCUT2D eigenvalue weighted by atomic mass is 10.1. The van der Waals surface area contributed by atoms with Crippen molar-refractivity contribution in [3.05, 3.63) is 41.7 Å². The Morgan fingerprint density at radius 1 is 1.18 bits per heavy atom. The van der Waals surface area contributed by atoms with Gasteiger partial charge in [-0.25, -0.2) is 18.3 Å². The van der Waals surface area contributed by atoms with E-state index < -0.39 is 77.2 Å². The van der Waals surface area contributed by atoms with Crippen LogP contribution in [-0.2, 0) is 11.0 Å². The first-order chi connectivity index (χ1) is 18.3. The van der Waals surface area contributed by atoms with E-state index >= 15 is 0 Å². The number of halogens is 7. The minimum atomic E-state index is -4.86. The number of fused-ring (bicyclic) bond motifs is 1. The van der Waals surface area contributed by atoms with E-state index in [1.165, 1.54) is 0 Å². The summed E-state index contributed by atoms with van der Waals surface area (Å²) in [5, 5.41) is 6.08. The number of amides is 2. The Bertz CT molecular complexity index is 1460. The Morgan fingerprint density at radius 3 is 2.54 bits per heavy atom. The van der Waals surface area contributed by atoms with Gasteiger partial charge in [0.15, 0.2) is 11.5 Å². The number of nitrogens with two attached hydrogens (primary N) is 1. The Morgan fingerprint density at radius 2 is 1.90 bits per heavy atom. The molecule has 1 aromatic carbocycles. The highest BCUT2D eigenvalue weighted by atomic mass is 19.4. The van der Waals surface area contributed by atoms with E-state index in [4.69, 9.17) is 5.73 Å². The number of anilines is 1. The molecule has 0 spiro atoms. The van der Waals surface area contributed by atoms with Gasteiger partial charge in [0.05, 0.1) is 29.4 Å². The Labute approximate surface area is 214 Å². The van der Waals surface area contributed by atoms with Gasteiger partial charge in [-0.2, -0.15) is 27.1 Å². The number of carbonyl (C=O) groups is 2. The molecule has 3 N–H and O–H groups in total. The van der Waals surface area contributed by atoms with E-state index in [9.17, 15) is 40.3 Å². The van der Waals surface area contributed by atoms with Gasteiger partial charge < -0.3 is 20.7 Å². The van der Waals surface area contributed by atoms with E-state index in [1.54, 1.807) is 0 Å². The second-order valence-electron chi connectivity index (χ2n) is 9.21. The highest BCUT2D eigenvalue weighted by Crippen LogP contribution is 2.42. The van der Waals surface area contributed by atoms with Gasteiger partial charge in [0, 0.05) is 12.1 Å². The number of likely N-dealkylation sites (tertiary alicyclic amines) is 1. The van der Waals surface area contributed by atoms with Crippen LogP contribution in [0.15, 0.2) is 30.6 Å².